The van der Waals surface area contributed by atoms with Gasteiger partial charge in [-0.2, -0.15) is 5.10 Å². The van der Waals surface area contributed by atoms with E-state index in [2.05, 4.69) is 17.5 Å². The number of nitrogens with zero attached hydrogens (tertiary/aromatic N) is 1. The van der Waals surface area contributed by atoms with Gasteiger partial charge in [0, 0.05) is 5.92 Å². The van der Waals surface area contributed by atoms with E-state index in [9.17, 15) is 4.79 Å². The predicted octanol–water partition coefficient (Wildman–Crippen LogP) is 2.76. The topological polar surface area (TPSA) is 67.7 Å². The quantitative estimate of drug-likeness (QED) is 0.677. The zero-order valence-corrected chi connectivity index (χ0v) is 10.5. The number of carbonyl (C=O) groups is 1. The van der Waals surface area contributed by atoms with Crippen LogP contribution in [0.3, 0.4) is 0 Å². The van der Waals surface area contributed by atoms with Gasteiger partial charge in [0.2, 0.25) is 0 Å². The zero-order valence-electron chi connectivity index (χ0n) is 10.5. The minimum Gasteiger partial charge on any atom is -0.460 e. The summed E-state index contributed by atoms with van der Waals surface area (Å²) in [7, 11) is 0. The van der Waals surface area contributed by atoms with Gasteiger partial charge in [0.25, 0.3) is 0 Å². The van der Waals surface area contributed by atoms with E-state index >= 15 is 0 Å². The maximum atomic E-state index is 11.5. The third-order valence-electron chi connectivity index (χ3n) is 3.23. The smallest absolute Gasteiger partial charge is 0.307 e. The van der Waals surface area contributed by atoms with Gasteiger partial charge in [-0.1, -0.05) is 6.92 Å². The summed E-state index contributed by atoms with van der Waals surface area (Å²) >= 11 is 0. The third-order valence-corrected chi connectivity index (χ3v) is 3.23. The van der Waals surface area contributed by atoms with Gasteiger partial charge in [0.1, 0.15) is 11.5 Å². The number of furan rings is 2. The molecule has 19 heavy (non-hydrogen) atoms. The second kappa shape index (κ2) is 4.76. The molecule has 1 aliphatic rings. The molecule has 98 valence electrons. The largest absolute Gasteiger partial charge is 0.460 e. The summed E-state index contributed by atoms with van der Waals surface area (Å²) in [5.74, 6) is 2.71. The summed E-state index contributed by atoms with van der Waals surface area (Å²) in [6.07, 6.45) is 4.10. The summed E-state index contributed by atoms with van der Waals surface area (Å²) in [6, 6.07) is 7.03. The Bertz CT molecular complexity index is 598. The molecule has 0 radical (unpaired) electrons. The Morgan fingerprint density at radius 1 is 1.47 bits per heavy atom. The standard InChI is InChI=1S/C14H14N2O3/c1-9-7-11(9)12-5-4-10(19-12)8-15-16-14(17)13-3-2-6-18-13/h2-6,8-9,11H,7H2,1H3,(H,16,17)/b15-8-/t9-,11+/m1/s1. The van der Waals surface area contributed by atoms with Gasteiger partial charge in [0.15, 0.2) is 5.76 Å². The minimum absolute atomic E-state index is 0.226. The Morgan fingerprint density at radius 3 is 3.00 bits per heavy atom. The number of carbonyl (C=O) groups excluding carboxylic acids is 1. The molecule has 0 aromatic carbocycles. The molecule has 0 aliphatic heterocycles. The van der Waals surface area contributed by atoms with Gasteiger partial charge in [-0.3, -0.25) is 4.79 Å². The van der Waals surface area contributed by atoms with Gasteiger partial charge in [0.05, 0.1) is 12.5 Å². The average Bonchev–Trinajstić information content (AvgIpc) is 2.90. The first-order valence-electron chi connectivity index (χ1n) is 6.20. The molecule has 1 aliphatic carbocycles. The SMILES string of the molecule is C[C@@H]1C[C@@H]1c1ccc(/C=N\NC(=O)c2ccco2)o1. The summed E-state index contributed by atoms with van der Waals surface area (Å²) in [4.78, 5) is 11.5. The van der Waals surface area contributed by atoms with E-state index in [0.29, 0.717) is 17.6 Å². The van der Waals surface area contributed by atoms with E-state index in [-0.39, 0.29) is 11.7 Å². The highest BCUT2D eigenvalue weighted by molar-refractivity contribution is 5.92. The molecule has 2 atom stereocenters. The Balaban J connectivity index is 1.57. The van der Waals surface area contributed by atoms with E-state index in [1.54, 1.807) is 12.1 Å². The fraction of sp³-hybridized carbons (Fsp3) is 0.286. The summed E-state index contributed by atoms with van der Waals surface area (Å²) in [5.41, 5.74) is 2.37. The molecule has 1 saturated carbocycles. The average molecular weight is 258 g/mol. The second-order valence-corrected chi connectivity index (χ2v) is 4.74. The number of hydrogen-bond acceptors (Lipinski definition) is 4. The molecular weight excluding hydrogens is 244 g/mol. The van der Waals surface area contributed by atoms with Crippen molar-refractivity contribution in [3.8, 4) is 0 Å². The van der Waals surface area contributed by atoms with Crippen LogP contribution in [0.15, 0.2) is 44.5 Å². The molecule has 0 unspecified atom stereocenters. The molecule has 0 spiro atoms. The maximum Gasteiger partial charge on any atom is 0.307 e. The van der Waals surface area contributed by atoms with Gasteiger partial charge in [-0.25, -0.2) is 5.43 Å². The Kier molecular flexibility index (Phi) is 2.95. The van der Waals surface area contributed by atoms with Crippen molar-refractivity contribution in [1.29, 1.82) is 0 Å². The van der Waals surface area contributed by atoms with Gasteiger partial charge in [-0.15, -0.1) is 0 Å². The molecule has 0 saturated heterocycles. The Hall–Kier alpha value is -2.30. The van der Waals surface area contributed by atoms with Crippen molar-refractivity contribution >= 4 is 12.1 Å². The molecule has 2 heterocycles. The number of amides is 1. The first-order chi connectivity index (χ1) is 9.24. The van der Waals surface area contributed by atoms with Gasteiger partial charge in [-0.05, 0) is 36.6 Å². The first kappa shape index (κ1) is 11.8. The molecule has 1 N–H and O–H groups in total. The van der Waals surface area contributed by atoms with Crippen LogP contribution in [-0.4, -0.2) is 12.1 Å². The van der Waals surface area contributed by atoms with Crippen molar-refractivity contribution in [1.82, 2.24) is 5.43 Å². The van der Waals surface area contributed by atoms with Crippen LogP contribution in [-0.2, 0) is 0 Å². The van der Waals surface area contributed by atoms with Crippen LogP contribution in [0.5, 0.6) is 0 Å². The molecule has 2 aromatic heterocycles. The van der Waals surface area contributed by atoms with Crippen LogP contribution in [0.1, 0.15) is 41.3 Å². The van der Waals surface area contributed by atoms with Crippen molar-refractivity contribution in [3.63, 3.8) is 0 Å². The lowest BCUT2D eigenvalue weighted by molar-refractivity contribution is 0.0927. The number of rotatable bonds is 4. The van der Waals surface area contributed by atoms with Crippen LogP contribution < -0.4 is 5.43 Å². The van der Waals surface area contributed by atoms with Crippen molar-refractivity contribution < 1.29 is 13.6 Å². The summed E-state index contributed by atoms with van der Waals surface area (Å²) < 4.78 is 10.6. The second-order valence-electron chi connectivity index (χ2n) is 4.74. The molecule has 2 aromatic rings. The maximum absolute atomic E-state index is 11.5. The molecular formula is C14H14N2O3. The Labute approximate surface area is 110 Å². The monoisotopic (exact) mass is 258 g/mol. The lowest BCUT2D eigenvalue weighted by Gasteiger charge is -1.94. The first-order valence-corrected chi connectivity index (χ1v) is 6.20. The Morgan fingerprint density at radius 2 is 2.32 bits per heavy atom. The van der Waals surface area contributed by atoms with Crippen LogP contribution >= 0.6 is 0 Å². The number of hydrazone groups is 1. The van der Waals surface area contributed by atoms with Crippen molar-refractivity contribution in [3.05, 3.63) is 47.8 Å². The van der Waals surface area contributed by atoms with Crippen LogP contribution in [0, 0.1) is 5.92 Å². The summed E-state index contributed by atoms with van der Waals surface area (Å²) in [6.45, 7) is 2.20. The fourth-order valence-electron chi connectivity index (χ4n) is 1.97. The molecule has 0 bridgehead atoms. The van der Waals surface area contributed by atoms with Gasteiger partial charge >= 0.3 is 5.91 Å². The highest BCUT2D eigenvalue weighted by Crippen LogP contribution is 2.47. The third kappa shape index (κ3) is 2.59. The van der Waals surface area contributed by atoms with Gasteiger partial charge < -0.3 is 8.83 Å². The van der Waals surface area contributed by atoms with E-state index in [4.69, 9.17) is 8.83 Å². The van der Waals surface area contributed by atoms with E-state index in [1.807, 2.05) is 12.1 Å². The van der Waals surface area contributed by atoms with Crippen LogP contribution in [0.4, 0.5) is 0 Å². The number of nitrogens with one attached hydrogen (secondary N) is 1. The molecule has 3 rings (SSSR count). The lowest BCUT2D eigenvalue weighted by Crippen LogP contribution is -2.16. The van der Waals surface area contributed by atoms with Crippen LogP contribution in [0.2, 0.25) is 0 Å². The molecule has 1 amide bonds. The fourth-order valence-corrected chi connectivity index (χ4v) is 1.97. The van der Waals surface area contributed by atoms with Crippen molar-refractivity contribution in [2.45, 2.75) is 19.3 Å². The highest BCUT2D eigenvalue weighted by atomic mass is 16.3. The summed E-state index contributed by atoms with van der Waals surface area (Å²) in [5, 5.41) is 3.83. The van der Waals surface area contributed by atoms with E-state index < -0.39 is 0 Å². The van der Waals surface area contributed by atoms with Crippen LogP contribution in [0.25, 0.3) is 0 Å². The lowest BCUT2D eigenvalue weighted by atomic mass is 10.3. The van der Waals surface area contributed by atoms with E-state index in [0.717, 1.165) is 5.76 Å². The van der Waals surface area contributed by atoms with Crippen molar-refractivity contribution in [2.24, 2.45) is 11.0 Å². The molecule has 1 fully saturated rings. The highest BCUT2D eigenvalue weighted by Gasteiger charge is 2.36. The molecule has 5 nitrogen and oxygen atoms in total. The van der Waals surface area contributed by atoms with E-state index in [1.165, 1.54) is 18.9 Å². The minimum atomic E-state index is -0.385. The van der Waals surface area contributed by atoms with Crippen molar-refractivity contribution in [2.75, 3.05) is 0 Å². The zero-order chi connectivity index (χ0) is 13.2. The predicted molar refractivity (Wildman–Crippen MR) is 69.0 cm³/mol. The molecule has 5 heteroatoms. The number of hydrogen-bond donors (Lipinski definition) is 1. The normalized spacial score (nSPS) is 21.7.